The number of allylic oxidation sites excluding steroid dienone is 1. The molecule has 0 aromatic heterocycles. The van der Waals surface area contributed by atoms with Crippen molar-refractivity contribution in [2.45, 2.75) is 91.0 Å². The fraction of sp³-hybridized carbons (Fsp3) is 0.516. The van der Waals surface area contributed by atoms with Crippen LogP contribution in [0.15, 0.2) is 53.6 Å². The highest BCUT2D eigenvalue weighted by atomic mass is 79.9. The summed E-state index contributed by atoms with van der Waals surface area (Å²) >= 11 is 8.08. The third-order valence-electron chi connectivity index (χ3n) is 6.55. The van der Waals surface area contributed by atoms with Crippen molar-refractivity contribution >= 4 is 51.9 Å². The Kier molecular flexibility index (Phi) is 16.0. The van der Waals surface area contributed by atoms with Gasteiger partial charge in [0.2, 0.25) is 5.91 Å². The fourth-order valence-electron chi connectivity index (χ4n) is 4.55. The second-order valence-electron chi connectivity index (χ2n) is 9.97. The average molecular weight is 624 g/mol. The van der Waals surface area contributed by atoms with Crippen molar-refractivity contribution in [3.63, 3.8) is 0 Å². The second kappa shape index (κ2) is 18.6. The van der Waals surface area contributed by atoms with Gasteiger partial charge in [-0.25, -0.2) is 0 Å². The Hall–Kier alpha value is -1.63. The quantitative estimate of drug-likeness (QED) is 0.178. The van der Waals surface area contributed by atoms with E-state index < -0.39 is 0 Å². The number of hydrogen-bond acceptors (Lipinski definition) is 4. The first-order valence-corrected chi connectivity index (χ1v) is 15.2. The van der Waals surface area contributed by atoms with Gasteiger partial charge in [-0.15, -0.1) is 28.7 Å². The van der Waals surface area contributed by atoms with Crippen molar-refractivity contribution in [2.75, 3.05) is 17.8 Å². The van der Waals surface area contributed by atoms with Crippen LogP contribution in [0.5, 0.6) is 5.75 Å². The van der Waals surface area contributed by atoms with Crippen LogP contribution in [0.3, 0.4) is 0 Å². The second-order valence-corrected chi connectivity index (χ2v) is 11.6. The molecule has 1 heterocycles. The van der Waals surface area contributed by atoms with Crippen molar-refractivity contribution in [2.24, 2.45) is 0 Å². The third kappa shape index (κ3) is 12.5. The van der Waals surface area contributed by atoms with E-state index >= 15 is 0 Å². The Balaban J connectivity index is 0.00000507. The van der Waals surface area contributed by atoms with Gasteiger partial charge in [0.05, 0.1) is 18.9 Å². The molecule has 0 aliphatic carbocycles. The Morgan fingerprint density at radius 1 is 1.00 bits per heavy atom. The van der Waals surface area contributed by atoms with Crippen LogP contribution in [0.1, 0.15) is 89.2 Å². The summed E-state index contributed by atoms with van der Waals surface area (Å²) in [4.78, 5) is 16.5. The van der Waals surface area contributed by atoms with Crippen molar-refractivity contribution < 1.29 is 9.53 Å². The van der Waals surface area contributed by atoms with Gasteiger partial charge in [-0.05, 0) is 48.1 Å². The molecule has 1 aliphatic rings. The number of thioether (sulfide) groups is 1. The molecule has 2 aromatic carbocycles. The molecule has 7 heteroatoms. The Morgan fingerprint density at radius 2 is 1.71 bits per heavy atom. The molecule has 0 atom stereocenters. The normalized spacial score (nSPS) is 12.7. The zero-order chi connectivity index (χ0) is 26.3. The van der Waals surface area contributed by atoms with Gasteiger partial charge in [0, 0.05) is 29.0 Å². The van der Waals surface area contributed by atoms with E-state index in [4.69, 9.17) is 16.3 Å². The van der Waals surface area contributed by atoms with Crippen LogP contribution in [-0.4, -0.2) is 23.3 Å². The zero-order valence-corrected chi connectivity index (χ0v) is 26.3. The summed E-state index contributed by atoms with van der Waals surface area (Å²) in [5.74, 6) is 1.62. The Bertz CT molecular complexity index is 1020. The van der Waals surface area contributed by atoms with Crippen LogP contribution >= 0.6 is 40.3 Å². The Labute approximate surface area is 249 Å². The summed E-state index contributed by atoms with van der Waals surface area (Å²) < 4.78 is 6.07. The number of carbonyl (C=O) groups is 1. The lowest BCUT2D eigenvalue weighted by atomic mass is 10.1. The molecule has 0 bridgehead atoms. The summed E-state index contributed by atoms with van der Waals surface area (Å²) in [5.41, 5.74) is 2.85. The summed E-state index contributed by atoms with van der Waals surface area (Å²) in [6.07, 6.45) is 15.3. The first kappa shape index (κ1) is 32.6. The molecule has 0 saturated heterocycles. The predicted molar refractivity (Wildman–Crippen MR) is 170 cm³/mol. The molecule has 0 unspecified atom stereocenters. The highest BCUT2D eigenvalue weighted by Gasteiger charge is 2.13. The molecule has 38 heavy (non-hydrogen) atoms. The van der Waals surface area contributed by atoms with E-state index in [0.717, 1.165) is 30.1 Å². The van der Waals surface area contributed by atoms with Crippen LogP contribution in [0, 0.1) is 0 Å². The van der Waals surface area contributed by atoms with Crippen LogP contribution in [-0.2, 0) is 17.8 Å². The minimum absolute atomic E-state index is 0. The smallest absolute Gasteiger partial charge is 0.228 e. The fourth-order valence-corrected chi connectivity index (χ4v) is 5.47. The number of halogens is 2. The molecule has 1 aliphatic heterocycles. The van der Waals surface area contributed by atoms with E-state index in [9.17, 15) is 4.79 Å². The van der Waals surface area contributed by atoms with Gasteiger partial charge in [0.1, 0.15) is 5.75 Å². The number of carbonyl (C=O) groups excluding carboxylic acids is 1. The van der Waals surface area contributed by atoms with Gasteiger partial charge in [0.25, 0.3) is 0 Å². The number of nitrogens with zero attached hydrogens (tertiary/aromatic N) is 1. The average Bonchev–Trinajstić information content (AvgIpc) is 3.28. The maximum Gasteiger partial charge on any atom is 0.228 e. The number of ether oxygens (including phenoxy) is 1. The molecule has 1 amide bonds. The van der Waals surface area contributed by atoms with Gasteiger partial charge in [-0.3, -0.25) is 4.79 Å². The molecule has 1 N–H and O–H groups in total. The van der Waals surface area contributed by atoms with Crippen LogP contribution in [0.25, 0.3) is 0 Å². The van der Waals surface area contributed by atoms with Crippen molar-refractivity contribution in [1.29, 1.82) is 0 Å². The van der Waals surface area contributed by atoms with Crippen molar-refractivity contribution in [3.05, 3.63) is 69.7 Å². The maximum absolute atomic E-state index is 12.9. The van der Waals surface area contributed by atoms with E-state index in [1.54, 1.807) is 0 Å². The van der Waals surface area contributed by atoms with Gasteiger partial charge in [-0.2, -0.15) is 0 Å². The number of nitrogens with one attached hydrogen (secondary N) is 1. The standard InChI is InChI=1S/C31H43ClN2O2S.BrH/c1-3-4-5-6-7-8-9-10-11-12-18-36-30-21-28(32)17-16-27(30)20-31(35)33-29-15-13-14-26(19-29)23-34-22-25(2)37-24-34;/h13-17,19,21-22H,3-12,18,20,23-24H2,1-2H3,(H,33,35);1H. The highest BCUT2D eigenvalue weighted by molar-refractivity contribution is 8.93. The molecule has 3 rings (SSSR count). The highest BCUT2D eigenvalue weighted by Crippen LogP contribution is 2.27. The molecule has 0 radical (unpaired) electrons. The molecule has 0 fully saturated rings. The minimum atomic E-state index is -0.0595. The van der Waals surface area contributed by atoms with Crippen LogP contribution in [0.4, 0.5) is 5.69 Å². The number of rotatable bonds is 17. The molecule has 0 saturated carbocycles. The van der Waals surface area contributed by atoms with Gasteiger partial charge in [-0.1, -0.05) is 94.5 Å². The van der Waals surface area contributed by atoms with E-state index in [-0.39, 0.29) is 29.3 Å². The number of benzene rings is 2. The third-order valence-corrected chi connectivity index (χ3v) is 7.81. The van der Waals surface area contributed by atoms with Crippen LogP contribution < -0.4 is 10.1 Å². The molecule has 2 aromatic rings. The maximum atomic E-state index is 12.9. The molecule has 4 nitrogen and oxygen atoms in total. The predicted octanol–water partition coefficient (Wildman–Crippen LogP) is 9.77. The van der Waals surface area contributed by atoms with Gasteiger partial charge in [0.15, 0.2) is 0 Å². The number of unbranched alkanes of at least 4 members (excludes halogenated alkanes) is 9. The largest absolute Gasteiger partial charge is 0.493 e. The van der Waals surface area contributed by atoms with E-state index in [2.05, 4.69) is 42.4 Å². The molecular formula is C31H44BrClN2O2S. The number of anilines is 1. The number of amides is 1. The summed E-state index contributed by atoms with van der Waals surface area (Å²) in [5, 5.41) is 3.68. The molecule has 210 valence electrons. The van der Waals surface area contributed by atoms with Crippen molar-refractivity contribution in [1.82, 2.24) is 4.90 Å². The minimum Gasteiger partial charge on any atom is -0.493 e. The molecular weight excluding hydrogens is 580 g/mol. The molecule has 0 spiro atoms. The first-order chi connectivity index (χ1) is 18.0. The van der Waals surface area contributed by atoms with E-state index in [1.165, 1.54) is 68.3 Å². The monoisotopic (exact) mass is 622 g/mol. The lowest BCUT2D eigenvalue weighted by Gasteiger charge is -2.15. The first-order valence-electron chi connectivity index (χ1n) is 13.9. The van der Waals surface area contributed by atoms with Gasteiger partial charge < -0.3 is 15.0 Å². The zero-order valence-electron chi connectivity index (χ0n) is 23.0. The van der Waals surface area contributed by atoms with Gasteiger partial charge >= 0.3 is 0 Å². The SMILES string of the molecule is Br.CCCCCCCCCCCCOc1cc(Cl)ccc1CC(=O)Nc1cccc(CN2C=C(C)SC2)c1. The summed E-state index contributed by atoms with van der Waals surface area (Å²) in [6, 6.07) is 13.6. The van der Waals surface area contributed by atoms with E-state index in [1.807, 2.05) is 42.1 Å². The van der Waals surface area contributed by atoms with Crippen LogP contribution in [0.2, 0.25) is 5.02 Å². The Morgan fingerprint density at radius 3 is 2.39 bits per heavy atom. The van der Waals surface area contributed by atoms with E-state index in [0.29, 0.717) is 17.4 Å². The lowest BCUT2D eigenvalue weighted by molar-refractivity contribution is -0.115. The number of hydrogen-bond donors (Lipinski definition) is 1. The summed E-state index contributed by atoms with van der Waals surface area (Å²) in [7, 11) is 0. The van der Waals surface area contributed by atoms with Crippen molar-refractivity contribution in [3.8, 4) is 5.75 Å². The summed E-state index contributed by atoms with van der Waals surface area (Å²) in [6.45, 7) is 5.88. The lowest BCUT2D eigenvalue weighted by Crippen LogP contribution is -2.16. The topological polar surface area (TPSA) is 41.6 Å².